The van der Waals surface area contributed by atoms with Crippen LogP contribution in [0.15, 0.2) is 42.9 Å². The molecule has 3 heterocycles. The van der Waals surface area contributed by atoms with Crippen molar-refractivity contribution < 1.29 is 28.1 Å². The predicted octanol–water partition coefficient (Wildman–Crippen LogP) is 9.75. The Kier molecular flexibility index (Phi) is 13.7. The number of ether oxygens (including phenoxy) is 4. The average Bonchev–Trinajstić information content (AvgIpc) is 3.54. The zero-order valence-electron chi connectivity index (χ0n) is 33.8. The Morgan fingerprint density at radius 1 is 0.981 bits per heavy atom. The van der Waals surface area contributed by atoms with Gasteiger partial charge >= 0.3 is 5.97 Å². The van der Waals surface area contributed by atoms with Gasteiger partial charge in [-0.05, 0) is 88.9 Å². The van der Waals surface area contributed by atoms with Crippen molar-refractivity contribution in [2.75, 3.05) is 44.8 Å². The van der Waals surface area contributed by atoms with Gasteiger partial charge in [0.2, 0.25) is 0 Å². The molecule has 10 nitrogen and oxygen atoms in total. The van der Waals surface area contributed by atoms with Crippen molar-refractivity contribution in [3.05, 3.63) is 60.0 Å². The summed E-state index contributed by atoms with van der Waals surface area (Å²) in [6, 6.07) is 8.62. The number of nitrogens with zero attached hydrogens (tertiary/aromatic N) is 5. The van der Waals surface area contributed by atoms with Gasteiger partial charge in [-0.3, -0.25) is 9.78 Å². The van der Waals surface area contributed by atoms with Crippen LogP contribution in [0.3, 0.4) is 0 Å². The molecule has 4 aromatic rings. The smallest absolute Gasteiger partial charge is 0.311 e. The first kappa shape index (κ1) is 41.5. The first-order valence-corrected chi connectivity index (χ1v) is 26.9. The van der Waals surface area contributed by atoms with Crippen molar-refractivity contribution >= 4 is 50.6 Å². The fourth-order valence-corrected chi connectivity index (χ4v) is 8.27. The number of carbonyl (C=O) groups excluding carboxylic acids is 1. The lowest BCUT2D eigenvalue weighted by atomic mass is 9.70. The molecule has 5 rings (SSSR count). The minimum atomic E-state index is -1.34. The van der Waals surface area contributed by atoms with Gasteiger partial charge in [0.05, 0.1) is 42.3 Å². The Bertz CT molecular complexity index is 1890. The second-order valence-corrected chi connectivity index (χ2v) is 28.4. The van der Waals surface area contributed by atoms with Crippen molar-refractivity contribution in [3.63, 3.8) is 0 Å². The first-order chi connectivity index (χ1) is 25.6. The summed E-state index contributed by atoms with van der Waals surface area (Å²) in [5.41, 5.74) is 4.15. The molecule has 13 heteroatoms. The quantitative estimate of drug-likeness (QED) is 0.0321. The molecular weight excluding hydrogens is 718 g/mol. The third-order valence-electron chi connectivity index (χ3n) is 10.2. The van der Waals surface area contributed by atoms with E-state index in [9.17, 15) is 9.18 Å². The van der Waals surface area contributed by atoms with E-state index in [-0.39, 0.29) is 17.7 Å². The minimum absolute atomic E-state index is 0.0478. The topological polar surface area (TPSA) is 100 Å². The summed E-state index contributed by atoms with van der Waals surface area (Å²) in [7, 11) is -2.68. The van der Waals surface area contributed by atoms with Gasteiger partial charge in [0.1, 0.15) is 25.1 Å². The molecule has 3 aromatic heterocycles. The predicted molar refractivity (Wildman–Crippen MR) is 221 cm³/mol. The maximum absolute atomic E-state index is 14.3. The van der Waals surface area contributed by atoms with Crippen molar-refractivity contribution in [2.45, 2.75) is 104 Å². The number of anilines is 1. The van der Waals surface area contributed by atoms with Crippen LogP contribution >= 0.6 is 0 Å². The molecule has 0 aliphatic heterocycles. The van der Waals surface area contributed by atoms with Crippen molar-refractivity contribution in [1.29, 1.82) is 0 Å². The molecule has 294 valence electrons. The maximum Gasteiger partial charge on any atom is 0.311 e. The Labute approximate surface area is 322 Å². The summed E-state index contributed by atoms with van der Waals surface area (Å²) in [6.45, 7) is 22.7. The van der Waals surface area contributed by atoms with E-state index in [2.05, 4.69) is 49.2 Å². The number of benzene rings is 1. The summed E-state index contributed by atoms with van der Waals surface area (Å²) in [4.78, 5) is 25.2. The van der Waals surface area contributed by atoms with E-state index in [1.54, 1.807) is 18.5 Å². The zero-order chi connectivity index (χ0) is 39.1. The summed E-state index contributed by atoms with van der Waals surface area (Å²) < 4.78 is 40.4. The molecule has 0 N–H and O–H groups in total. The minimum Gasteiger partial charge on any atom is -0.501 e. The zero-order valence-corrected chi connectivity index (χ0v) is 35.8. The van der Waals surface area contributed by atoms with Crippen LogP contribution in [0.1, 0.15) is 63.6 Å². The monoisotopic (exact) mass is 777 g/mol. The van der Waals surface area contributed by atoms with Crippen LogP contribution < -0.4 is 4.90 Å². The molecule has 1 saturated carbocycles. The van der Waals surface area contributed by atoms with Gasteiger partial charge in [0.15, 0.2) is 5.65 Å². The highest BCUT2D eigenvalue weighted by Crippen LogP contribution is 2.46. The van der Waals surface area contributed by atoms with Crippen LogP contribution in [-0.2, 0) is 23.7 Å². The van der Waals surface area contributed by atoms with Crippen LogP contribution in [0.25, 0.3) is 33.8 Å². The normalized spacial score (nSPS) is 18.1. The van der Waals surface area contributed by atoms with E-state index in [1.165, 1.54) is 12.1 Å². The number of esters is 1. The Morgan fingerprint density at radius 3 is 2.26 bits per heavy atom. The molecule has 0 amide bonds. The van der Waals surface area contributed by atoms with Gasteiger partial charge in [-0.15, -0.1) is 0 Å². The van der Waals surface area contributed by atoms with Crippen LogP contribution in [0, 0.1) is 11.2 Å². The summed E-state index contributed by atoms with van der Waals surface area (Å²) in [5.74, 6) is 0.378. The first-order valence-electron chi connectivity index (χ1n) is 19.5. The van der Waals surface area contributed by atoms with E-state index < -0.39 is 21.6 Å². The molecule has 0 bridgehead atoms. The van der Waals surface area contributed by atoms with E-state index in [1.807, 2.05) is 43.6 Å². The highest BCUT2D eigenvalue weighted by atomic mass is 28.3. The number of rotatable bonds is 18. The van der Waals surface area contributed by atoms with Crippen LogP contribution in [0.2, 0.25) is 51.4 Å². The van der Waals surface area contributed by atoms with Gasteiger partial charge in [-0.1, -0.05) is 39.3 Å². The fraction of sp³-hybridized carbons (Fsp3) is 0.561. The van der Waals surface area contributed by atoms with Gasteiger partial charge in [0.25, 0.3) is 0 Å². The fourth-order valence-electron chi connectivity index (χ4n) is 6.75. The maximum atomic E-state index is 14.3. The Balaban J connectivity index is 1.68. The molecule has 0 atom stereocenters. The number of fused-ring (bicyclic) bond motifs is 2. The van der Waals surface area contributed by atoms with Crippen LogP contribution in [0.5, 0.6) is 0 Å². The highest BCUT2D eigenvalue weighted by molar-refractivity contribution is 6.76. The summed E-state index contributed by atoms with van der Waals surface area (Å²) >= 11 is 0. The highest BCUT2D eigenvalue weighted by Gasteiger charge is 2.40. The van der Waals surface area contributed by atoms with E-state index in [0.717, 1.165) is 53.1 Å². The van der Waals surface area contributed by atoms with Gasteiger partial charge in [-0.2, -0.15) is 9.61 Å². The van der Waals surface area contributed by atoms with E-state index >= 15 is 0 Å². The number of hydrogen-bond acceptors (Lipinski definition) is 9. The molecule has 0 unspecified atom stereocenters. The van der Waals surface area contributed by atoms with Crippen LogP contribution in [-0.4, -0.2) is 81.6 Å². The molecule has 1 fully saturated rings. The number of pyridine rings is 1. The second-order valence-electron chi connectivity index (χ2n) is 17.1. The Hall–Kier alpha value is -3.66. The molecule has 1 aromatic carbocycles. The van der Waals surface area contributed by atoms with Crippen LogP contribution in [0.4, 0.5) is 10.2 Å². The molecule has 1 aliphatic rings. The largest absolute Gasteiger partial charge is 0.501 e. The second kappa shape index (κ2) is 17.9. The standard InChI is InChI=1S/C41H60FN5O5Si2/c1-10-49-19-16-34-37(30-14-17-41(3,18-15-30)40(48)52-11-2)45-38-35(32-24-31-25-33(42)12-13-36(31)43-26-32)27-44-47(38)39(34)46(28-50-20-22-53(4,5)6)29-51-21-23-54(7,8)9/h12-13,16,19,24-27,30H,10-11,14-15,17-18,20-23,28-29H2,1-9H3/b19-16-. The molecule has 1 aliphatic carbocycles. The Morgan fingerprint density at radius 2 is 1.65 bits per heavy atom. The number of hydrogen-bond donors (Lipinski definition) is 0. The number of carbonyl (C=O) groups is 1. The van der Waals surface area contributed by atoms with Gasteiger partial charge in [-0.25, -0.2) is 9.37 Å². The molecular formula is C41H60FN5O5Si2. The molecule has 0 radical (unpaired) electrons. The lowest BCUT2D eigenvalue weighted by Gasteiger charge is -2.36. The summed E-state index contributed by atoms with van der Waals surface area (Å²) in [5, 5.41) is 5.66. The molecule has 0 saturated heterocycles. The molecule has 0 spiro atoms. The SMILES string of the molecule is CCO/C=C\c1c(C2CCC(C)(C(=O)OCC)CC2)nc2c(-c3cnc4ccc(F)cc4c3)cnn2c1N(COCC[Si](C)(C)C)COCC[Si](C)(C)C. The number of halogens is 1. The van der Waals surface area contributed by atoms with E-state index in [0.29, 0.717) is 69.3 Å². The van der Waals surface area contributed by atoms with Crippen molar-refractivity contribution in [1.82, 2.24) is 19.6 Å². The van der Waals surface area contributed by atoms with Gasteiger partial charge in [0, 0.05) is 63.6 Å². The van der Waals surface area contributed by atoms with Gasteiger partial charge < -0.3 is 23.8 Å². The third-order valence-corrected chi connectivity index (χ3v) is 13.6. The van der Waals surface area contributed by atoms with Crippen molar-refractivity contribution in [3.8, 4) is 11.1 Å². The lowest BCUT2D eigenvalue weighted by Crippen LogP contribution is -2.35. The third kappa shape index (κ3) is 10.6. The average molecular weight is 778 g/mol. The van der Waals surface area contributed by atoms with Crippen molar-refractivity contribution in [2.24, 2.45) is 5.41 Å². The number of aromatic nitrogens is 4. The molecule has 54 heavy (non-hydrogen) atoms. The summed E-state index contributed by atoms with van der Waals surface area (Å²) in [6.07, 6.45) is 10.2. The lowest BCUT2D eigenvalue weighted by molar-refractivity contribution is -0.156. The van der Waals surface area contributed by atoms with E-state index in [4.69, 9.17) is 29.0 Å².